The SMILES string of the molecule is CC(C)COc1ccc(C(=N)N)cc1OCCOC(=O)c1ccc(C(=N)N2CCCC2)cc1.O=C(O)C(F)(F)F.O=C(O)C(F)(F)F. The van der Waals surface area contributed by atoms with Gasteiger partial charge in [0.15, 0.2) is 11.5 Å². The summed E-state index contributed by atoms with van der Waals surface area (Å²) >= 11 is 0. The number of esters is 1. The number of nitrogens with two attached hydrogens (primary N) is 1. The number of hydrogen-bond acceptors (Lipinski definition) is 8. The molecule has 47 heavy (non-hydrogen) atoms. The maximum atomic E-state index is 12.4. The fourth-order valence-electron chi connectivity index (χ4n) is 3.42. The van der Waals surface area contributed by atoms with Gasteiger partial charge in [-0.1, -0.05) is 26.0 Å². The minimum absolute atomic E-state index is 0.0537. The molecule has 0 amide bonds. The second kappa shape index (κ2) is 18.2. The Morgan fingerprint density at radius 1 is 0.809 bits per heavy atom. The third-order valence-corrected chi connectivity index (χ3v) is 5.70. The molecule has 18 heteroatoms. The second-order valence-corrected chi connectivity index (χ2v) is 9.99. The number of nitrogen functional groups attached to an aromatic ring is 1. The van der Waals surface area contributed by atoms with Gasteiger partial charge in [0.2, 0.25) is 0 Å². The Morgan fingerprint density at radius 2 is 1.28 bits per heavy atom. The molecule has 12 nitrogen and oxygen atoms in total. The number of aliphatic carboxylic acids is 2. The van der Waals surface area contributed by atoms with Crippen LogP contribution in [0.25, 0.3) is 0 Å². The van der Waals surface area contributed by atoms with Crippen LogP contribution < -0.4 is 15.2 Å². The van der Waals surface area contributed by atoms with E-state index in [1.807, 2.05) is 18.7 Å². The molecule has 6 N–H and O–H groups in total. The maximum absolute atomic E-state index is 12.4. The molecule has 260 valence electrons. The third kappa shape index (κ3) is 14.7. The van der Waals surface area contributed by atoms with E-state index in [2.05, 4.69) is 0 Å². The summed E-state index contributed by atoms with van der Waals surface area (Å²) in [5, 5.41) is 30.2. The van der Waals surface area contributed by atoms with Crippen LogP contribution in [0.4, 0.5) is 26.3 Å². The Balaban J connectivity index is 0.000000658. The summed E-state index contributed by atoms with van der Waals surface area (Å²) < 4.78 is 80.4. The van der Waals surface area contributed by atoms with E-state index in [0.29, 0.717) is 41.0 Å². The minimum Gasteiger partial charge on any atom is -0.489 e. The minimum atomic E-state index is -5.08. The molecule has 0 spiro atoms. The topological polar surface area (TPSA) is 196 Å². The van der Waals surface area contributed by atoms with E-state index < -0.39 is 30.3 Å². The van der Waals surface area contributed by atoms with Crippen molar-refractivity contribution in [3.8, 4) is 11.5 Å². The number of nitrogens with one attached hydrogen (secondary N) is 2. The zero-order valence-electron chi connectivity index (χ0n) is 25.2. The molecule has 1 heterocycles. The summed E-state index contributed by atoms with van der Waals surface area (Å²) in [7, 11) is 0. The number of ether oxygens (including phenoxy) is 3. The van der Waals surface area contributed by atoms with Crippen molar-refractivity contribution in [2.45, 2.75) is 39.0 Å². The summed E-state index contributed by atoms with van der Waals surface area (Å²) in [6.07, 6.45) is -7.95. The van der Waals surface area contributed by atoms with Crippen molar-refractivity contribution < 1.29 is 65.1 Å². The fourth-order valence-corrected chi connectivity index (χ4v) is 3.42. The molecule has 1 fully saturated rings. The molecule has 2 aromatic rings. The van der Waals surface area contributed by atoms with Crippen molar-refractivity contribution in [3.05, 3.63) is 59.2 Å². The van der Waals surface area contributed by atoms with Crippen molar-refractivity contribution in [2.24, 2.45) is 11.7 Å². The Hall–Kier alpha value is -5.03. The van der Waals surface area contributed by atoms with Gasteiger partial charge in [-0.25, -0.2) is 14.4 Å². The van der Waals surface area contributed by atoms with Gasteiger partial charge in [-0.3, -0.25) is 10.8 Å². The predicted molar refractivity (Wildman–Crippen MR) is 155 cm³/mol. The van der Waals surface area contributed by atoms with Crippen molar-refractivity contribution in [1.29, 1.82) is 10.8 Å². The Kier molecular flexibility index (Phi) is 15.5. The summed E-state index contributed by atoms with van der Waals surface area (Å²) in [5.41, 5.74) is 7.32. The van der Waals surface area contributed by atoms with Crippen LogP contribution in [0.15, 0.2) is 42.5 Å². The van der Waals surface area contributed by atoms with E-state index >= 15 is 0 Å². The Labute approximate surface area is 265 Å². The van der Waals surface area contributed by atoms with Crippen LogP contribution in [0.1, 0.15) is 48.2 Å². The number of alkyl halides is 6. The molecule has 0 saturated carbocycles. The lowest BCUT2D eigenvalue weighted by Gasteiger charge is -2.18. The van der Waals surface area contributed by atoms with Gasteiger partial charge in [0.1, 0.15) is 24.9 Å². The predicted octanol–water partition coefficient (Wildman–Crippen LogP) is 4.93. The van der Waals surface area contributed by atoms with E-state index in [-0.39, 0.29) is 19.0 Å². The summed E-state index contributed by atoms with van der Waals surface area (Å²) in [6.45, 7) is 6.61. The number of rotatable bonds is 10. The van der Waals surface area contributed by atoms with E-state index in [0.717, 1.165) is 31.5 Å². The lowest BCUT2D eigenvalue weighted by molar-refractivity contribution is -0.193. The van der Waals surface area contributed by atoms with Crippen molar-refractivity contribution >= 4 is 29.6 Å². The Bertz CT molecular complexity index is 1350. The van der Waals surface area contributed by atoms with Crippen molar-refractivity contribution in [3.63, 3.8) is 0 Å². The monoisotopic (exact) mass is 680 g/mol. The fraction of sp³-hybridized carbons (Fsp3) is 0.414. The van der Waals surface area contributed by atoms with Crippen LogP contribution in [0.5, 0.6) is 11.5 Å². The number of halogens is 6. The first-order valence-electron chi connectivity index (χ1n) is 13.7. The van der Waals surface area contributed by atoms with Gasteiger partial charge in [-0.15, -0.1) is 0 Å². The number of hydrogen-bond donors (Lipinski definition) is 5. The van der Waals surface area contributed by atoms with Crippen molar-refractivity contribution in [1.82, 2.24) is 4.90 Å². The van der Waals surface area contributed by atoms with Crippen LogP contribution in [0.2, 0.25) is 0 Å². The van der Waals surface area contributed by atoms with Crippen molar-refractivity contribution in [2.75, 3.05) is 32.9 Å². The number of nitrogens with zero attached hydrogens (tertiary/aromatic N) is 1. The van der Waals surface area contributed by atoms with Gasteiger partial charge in [0.25, 0.3) is 0 Å². The van der Waals surface area contributed by atoms with E-state index in [1.165, 1.54) is 0 Å². The maximum Gasteiger partial charge on any atom is 0.490 e. The molecule has 1 aliphatic rings. The second-order valence-electron chi connectivity index (χ2n) is 9.99. The first-order valence-corrected chi connectivity index (χ1v) is 13.7. The van der Waals surface area contributed by atoms with Crippen LogP contribution in [-0.4, -0.2) is 90.0 Å². The highest BCUT2D eigenvalue weighted by Crippen LogP contribution is 2.29. The average Bonchev–Trinajstić information content (AvgIpc) is 3.53. The zero-order valence-corrected chi connectivity index (χ0v) is 25.2. The van der Waals surface area contributed by atoms with Crippen LogP contribution >= 0.6 is 0 Å². The van der Waals surface area contributed by atoms with Crippen LogP contribution in [0, 0.1) is 16.7 Å². The van der Waals surface area contributed by atoms with Gasteiger partial charge < -0.3 is 35.1 Å². The number of carboxylic acid groups (broad SMARTS) is 2. The normalized spacial score (nSPS) is 12.6. The molecule has 3 rings (SSSR count). The molecule has 0 aromatic heterocycles. The number of amidine groups is 2. The zero-order chi connectivity index (χ0) is 35.9. The molecule has 1 aliphatic heterocycles. The first kappa shape index (κ1) is 40.0. The number of benzene rings is 2. The quantitative estimate of drug-likeness (QED) is 0.0755. The Morgan fingerprint density at radius 3 is 1.72 bits per heavy atom. The number of carboxylic acids is 2. The van der Waals surface area contributed by atoms with Gasteiger partial charge in [-0.05, 0) is 49.1 Å². The van der Waals surface area contributed by atoms with Crippen LogP contribution in [0.3, 0.4) is 0 Å². The van der Waals surface area contributed by atoms with E-state index in [1.54, 1.807) is 42.5 Å². The molecule has 0 bridgehead atoms. The highest BCUT2D eigenvalue weighted by atomic mass is 19.4. The van der Waals surface area contributed by atoms with Gasteiger partial charge in [0, 0.05) is 24.2 Å². The van der Waals surface area contributed by atoms with Crippen LogP contribution in [-0.2, 0) is 14.3 Å². The standard InChI is InChI=1S/C25H32N4O4.2C2HF3O2/c1-17(2)16-33-21-10-9-20(23(26)27)15-22(21)31-13-14-32-25(30)19-7-5-18(6-8-19)24(28)29-11-3-4-12-29;2*3-2(4,5)1(6)7/h5-10,15,17,28H,3-4,11-14,16H2,1-2H3,(H3,26,27);2*(H,6,7). The highest BCUT2D eigenvalue weighted by molar-refractivity contribution is 5.98. The van der Waals surface area contributed by atoms with E-state index in [4.69, 9.17) is 50.6 Å². The van der Waals surface area contributed by atoms with Gasteiger partial charge in [-0.2, -0.15) is 26.3 Å². The summed E-state index contributed by atoms with van der Waals surface area (Å²) in [6, 6.07) is 12.0. The summed E-state index contributed by atoms with van der Waals surface area (Å²) in [5.74, 6) is -4.20. The van der Waals surface area contributed by atoms with Gasteiger partial charge >= 0.3 is 30.3 Å². The molecule has 0 atom stereocenters. The first-order chi connectivity index (χ1) is 21.7. The molecule has 0 unspecified atom stereocenters. The average molecular weight is 681 g/mol. The highest BCUT2D eigenvalue weighted by Gasteiger charge is 2.38. The number of carbonyl (C=O) groups excluding carboxylic acids is 1. The molecule has 2 aromatic carbocycles. The lowest BCUT2D eigenvalue weighted by Crippen LogP contribution is -2.27. The third-order valence-electron chi connectivity index (χ3n) is 5.70. The molecule has 0 aliphatic carbocycles. The molecular formula is C29H34F6N4O8. The molecule has 0 radical (unpaired) electrons. The molecule has 1 saturated heterocycles. The smallest absolute Gasteiger partial charge is 0.489 e. The largest absolute Gasteiger partial charge is 0.490 e. The number of carbonyl (C=O) groups is 3. The number of likely N-dealkylation sites (tertiary alicyclic amines) is 1. The molecular weight excluding hydrogens is 646 g/mol. The van der Waals surface area contributed by atoms with Gasteiger partial charge in [0.05, 0.1) is 12.2 Å². The lowest BCUT2D eigenvalue weighted by atomic mass is 10.1. The summed E-state index contributed by atoms with van der Waals surface area (Å²) in [4.78, 5) is 32.2. The van der Waals surface area contributed by atoms with E-state index in [9.17, 15) is 31.1 Å².